The molecule has 0 atom stereocenters. The zero-order valence-electron chi connectivity index (χ0n) is 7.88. The van der Waals surface area contributed by atoms with Gasteiger partial charge in [0.05, 0.1) is 0 Å². The van der Waals surface area contributed by atoms with Gasteiger partial charge in [-0.05, 0) is 41.9 Å². The highest BCUT2D eigenvalue weighted by molar-refractivity contribution is 7.99. The third-order valence-electron chi connectivity index (χ3n) is 1.55. The number of hydrogen-bond acceptors (Lipinski definition) is 5. The Morgan fingerprint density at radius 2 is 1.93 bits per heavy atom. The van der Waals surface area contributed by atoms with Crippen LogP contribution < -0.4 is 0 Å². The lowest BCUT2D eigenvalue weighted by Gasteiger charge is -1.98. The van der Waals surface area contributed by atoms with Gasteiger partial charge in [0.25, 0.3) is 0 Å². The van der Waals surface area contributed by atoms with Gasteiger partial charge in [0.1, 0.15) is 5.03 Å². The van der Waals surface area contributed by atoms with Crippen LogP contribution in [0.3, 0.4) is 0 Å². The van der Waals surface area contributed by atoms with Crippen molar-refractivity contribution >= 4 is 23.4 Å². The van der Waals surface area contributed by atoms with Crippen molar-refractivity contribution in [1.82, 2.24) is 19.9 Å². The van der Waals surface area contributed by atoms with Crippen molar-refractivity contribution in [3.63, 3.8) is 0 Å². The molecule has 2 aromatic heterocycles. The van der Waals surface area contributed by atoms with Crippen LogP contribution >= 0.6 is 23.4 Å². The standard InChI is InChI=1S/C9H7ClN4S/c1-6-4-12-9(13-5-6)15-7-2-3-11-8(10)14-7/h2-5H,1H3. The Morgan fingerprint density at radius 1 is 1.20 bits per heavy atom. The highest BCUT2D eigenvalue weighted by Crippen LogP contribution is 2.22. The van der Waals surface area contributed by atoms with Gasteiger partial charge in [-0.15, -0.1) is 0 Å². The fourth-order valence-electron chi connectivity index (χ4n) is 0.903. The van der Waals surface area contributed by atoms with Crippen LogP contribution in [-0.4, -0.2) is 19.9 Å². The summed E-state index contributed by atoms with van der Waals surface area (Å²) >= 11 is 7.01. The van der Waals surface area contributed by atoms with E-state index in [2.05, 4.69) is 19.9 Å². The van der Waals surface area contributed by atoms with Crippen LogP contribution in [0.1, 0.15) is 5.56 Å². The van der Waals surface area contributed by atoms with Gasteiger partial charge in [0.15, 0.2) is 5.16 Å². The summed E-state index contributed by atoms with van der Waals surface area (Å²) in [5, 5.41) is 1.61. The fraction of sp³-hybridized carbons (Fsp3) is 0.111. The number of aryl methyl sites for hydroxylation is 1. The van der Waals surface area contributed by atoms with Crippen LogP contribution in [0.4, 0.5) is 0 Å². The van der Waals surface area contributed by atoms with Crippen LogP contribution in [0, 0.1) is 6.92 Å². The van der Waals surface area contributed by atoms with Gasteiger partial charge in [0, 0.05) is 18.6 Å². The molecule has 0 radical (unpaired) electrons. The first-order valence-corrected chi connectivity index (χ1v) is 5.38. The second-order valence-corrected chi connectivity index (χ2v) is 4.13. The van der Waals surface area contributed by atoms with E-state index in [9.17, 15) is 0 Å². The van der Waals surface area contributed by atoms with Gasteiger partial charge in [-0.1, -0.05) is 0 Å². The van der Waals surface area contributed by atoms with E-state index in [0.29, 0.717) is 5.16 Å². The van der Waals surface area contributed by atoms with Gasteiger partial charge in [-0.25, -0.2) is 19.9 Å². The summed E-state index contributed by atoms with van der Waals surface area (Å²) < 4.78 is 0. The molecule has 0 saturated heterocycles. The minimum Gasteiger partial charge on any atom is -0.231 e. The molecule has 0 aliphatic rings. The average molecular weight is 239 g/mol. The Hall–Kier alpha value is -1.20. The second-order valence-electron chi connectivity index (χ2n) is 2.81. The predicted octanol–water partition coefficient (Wildman–Crippen LogP) is 2.38. The van der Waals surface area contributed by atoms with E-state index >= 15 is 0 Å². The summed E-state index contributed by atoms with van der Waals surface area (Å²) in [5.74, 6) is 0. The lowest BCUT2D eigenvalue weighted by molar-refractivity contribution is 0.941. The number of rotatable bonds is 2. The molecule has 76 valence electrons. The van der Waals surface area contributed by atoms with Gasteiger partial charge in [-0.3, -0.25) is 0 Å². The summed E-state index contributed by atoms with van der Waals surface area (Å²) in [6, 6.07) is 1.76. The van der Waals surface area contributed by atoms with Crippen molar-refractivity contribution < 1.29 is 0 Å². The maximum Gasteiger partial charge on any atom is 0.223 e. The van der Waals surface area contributed by atoms with Gasteiger partial charge < -0.3 is 0 Å². The van der Waals surface area contributed by atoms with Crippen molar-refractivity contribution in [2.75, 3.05) is 0 Å². The minimum absolute atomic E-state index is 0.229. The zero-order chi connectivity index (χ0) is 10.7. The molecule has 0 amide bonds. The van der Waals surface area contributed by atoms with Crippen LogP contribution in [-0.2, 0) is 0 Å². The quantitative estimate of drug-likeness (QED) is 0.594. The molecule has 0 aliphatic carbocycles. The lowest BCUT2D eigenvalue weighted by Crippen LogP contribution is -1.89. The lowest BCUT2D eigenvalue weighted by atomic mass is 10.4. The van der Waals surface area contributed by atoms with E-state index < -0.39 is 0 Å². The van der Waals surface area contributed by atoms with E-state index in [1.807, 2.05) is 6.92 Å². The Balaban J connectivity index is 2.18. The third kappa shape index (κ3) is 2.87. The van der Waals surface area contributed by atoms with Crippen LogP contribution in [0.2, 0.25) is 5.28 Å². The first kappa shape index (κ1) is 10.3. The van der Waals surface area contributed by atoms with Crippen LogP contribution in [0.25, 0.3) is 0 Å². The molecule has 0 aromatic carbocycles. The molecule has 0 N–H and O–H groups in total. The highest BCUT2D eigenvalue weighted by Gasteiger charge is 2.02. The molecular formula is C9H7ClN4S. The molecular weight excluding hydrogens is 232 g/mol. The molecule has 2 heterocycles. The van der Waals surface area contributed by atoms with Crippen molar-refractivity contribution in [2.45, 2.75) is 17.1 Å². The SMILES string of the molecule is Cc1cnc(Sc2ccnc(Cl)n2)nc1. The number of nitrogens with zero attached hydrogens (tertiary/aromatic N) is 4. The maximum atomic E-state index is 5.66. The zero-order valence-corrected chi connectivity index (χ0v) is 9.46. The van der Waals surface area contributed by atoms with Crippen LogP contribution in [0.5, 0.6) is 0 Å². The van der Waals surface area contributed by atoms with Gasteiger partial charge in [-0.2, -0.15) is 0 Å². The fourth-order valence-corrected chi connectivity index (χ4v) is 1.76. The van der Waals surface area contributed by atoms with Crippen molar-refractivity contribution in [3.8, 4) is 0 Å². The summed E-state index contributed by atoms with van der Waals surface area (Å²) in [4.78, 5) is 16.1. The first-order valence-electron chi connectivity index (χ1n) is 4.19. The summed E-state index contributed by atoms with van der Waals surface area (Å²) in [7, 11) is 0. The largest absolute Gasteiger partial charge is 0.231 e. The summed E-state index contributed by atoms with van der Waals surface area (Å²) in [6.07, 6.45) is 5.13. The summed E-state index contributed by atoms with van der Waals surface area (Å²) in [5.41, 5.74) is 1.03. The molecule has 0 spiro atoms. The second kappa shape index (κ2) is 4.55. The van der Waals surface area contributed by atoms with Crippen LogP contribution in [0.15, 0.2) is 34.8 Å². The molecule has 2 aromatic rings. The molecule has 6 heteroatoms. The Bertz CT molecular complexity index is 460. The van der Waals surface area contributed by atoms with E-state index in [4.69, 9.17) is 11.6 Å². The molecule has 2 rings (SSSR count). The predicted molar refractivity (Wildman–Crippen MR) is 57.9 cm³/mol. The first-order chi connectivity index (χ1) is 7.24. The molecule has 0 fully saturated rings. The average Bonchev–Trinajstić information content (AvgIpc) is 2.22. The monoisotopic (exact) mass is 238 g/mol. The van der Waals surface area contributed by atoms with Crippen molar-refractivity contribution in [2.24, 2.45) is 0 Å². The Kier molecular flexibility index (Phi) is 3.13. The molecule has 15 heavy (non-hydrogen) atoms. The topological polar surface area (TPSA) is 51.6 Å². The molecule has 0 unspecified atom stereocenters. The van der Waals surface area contributed by atoms with Crippen molar-refractivity contribution in [1.29, 1.82) is 0 Å². The maximum absolute atomic E-state index is 5.66. The van der Waals surface area contributed by atoms with Crippen molar-refractivity contribution in [3.05, 3.63) is 35.5 Å². The molecule has 0 aliphatic heterocycles. The smallest absolute Gasteiger partial charge is 0.223 e. The molecule has 0 saturated carbocycles. The van der Waals surface area contributed by atoms with Gasteiger partial charge in [0.2, 0.25) is 5.28 Å². The normalized spacial score (nSPS) is 10.3. The minimum atomic E-state index is 0.229. The van der Waals surface area contributed by atoms with E-state index in [1.54, 1.807) is 24.7 Å². The van der Waals surface area contributed by atoms with Gasteiger partial charge >= 0.3 is 0 Å². The molecule has 0 bridgehead atoms. The molecule has 4 nitrogen and oxygen atoms in total. The summed E-state index contributed by atoms with van der Waals surface area (Å²) in [6.45, 7) is 1.94. The Labute approximate surface area is 96.2 Å². The third-order valence-corrected chi connectivity index (χ3v) is 2.57. The number of aromatic nitrogens is 4. The number of hydrogen-bond donors (Lipinski definition) is 0. The van der Waals surface area contributed by atoms with E-state index in [-0.39, 0.29) is 5.28 Å². The highest BCUT2D eigenvalue weighted by atomic mass is 35.5. The van der Waals surface area contributed by atoms with E-state index in [1.165, 1.54) is 11.8 Å². The Morgan fingerprint density at radius 3 is 2.60 bits per heavy atom. The number of halogens is 1. The van der Waals surface area contributed by atoms with E-state index in [0.717, 1.165) is 10.6 Å².